The van der Waals surface area contributed by atoms with E-state index in [1.54, 1.807) is 50.6 Å². The lowest BCUT2D eigenvalue weighted by atomic mass is 9.88. The average Bonchev–Trinajstić information content (AvgIpc) is 3.35. The number of aromatic nitrogens is 1. The summed E-state index contributed by atoms with van der Waals surface area (Å²) in [5.41, 5.74) is 3.32. The highest BCUT2D eigenvalue weighted by atomic mass is 16.5. The summed E-state index contributed by atoms with van der Waals surface area (Å²) in [6.45, 7) is 0. The maximum Gasteiger partial charge on any atom is 0.306 e. The molecule has 2 heterocycles. The van der Waals surface area contributed by atoms with Crippen molar-refractivity contribution < 1.29 is 18.7 Å². The summed E-state index contributed by atoms with van der Waals surface area (Å²) in [6.07, 6.45) is 1.63. The minimum absolute atomic E-state index is 0.0812. The van der Waals surface area contributed by atoms with Crippen LogP contribution in [0, 0.1) is 0 Å². The summed E-state index contributed by atoms with van der Waals surface area (Å²) in [7, 11) is 3.11. The van der Waals surface area contributed by atoms with Crippen molar-refractivity contribution in [3.05, 3.63) is 158 Å². The zero-order valence-electron chi connectivity index (χ0n) is 22.5. The summed E-state index contributed by atoms with van der Waals surface area (Å²) in [4.78, 5) is 33.0. The SMILES string of the molecule is COc1ccc(/C=c2\oc3n(c2=O)C(c2ccccc2)C(C(=O)c2ccccc2)=C(c2ccccc2)N=3)cc1OC. The molecular weight excluding hydrogens is 516 g/mol. The van der Waals surface area contributed by atoms with E-state index in [4.69, 9.17) is 18.9 Å². The number of Topliss-reactive ketones (excluding diaryl/α,β-unsaturated/α-hetero) is 1. The van der Waals surface area contributed by atoms with Gasteiger partial charge in [-0.2, -0.15) is 4.99 Å². The van der Waals surface area contributed by atoms with Crippen LogP contribution in [0.2, 0.25) is 0 Å². The normalized spacial score (nSPS) is 14.8. The molecule has 6 rings (SSSR count). The Morgan fingerprint density at radius 1 is 0.829 bits per heavy atom. The Morgan fingerprint density at radius 2 is 1.46 bits per heavy atom. The average molecular weight is 543 g/mol. The van der Waals surface area contributed by atoms with Crippen molar-refractivity contribution in [1.82, 2.24) is 4.57 Å². The van der Waals surface area contributed by atoms with Crippen LogP contribution in [0.5, 0.6) is 11.5 Å². The Morgan fingerprint density at radius 3 is 2.12 bits per heavy atom. The number of allylic oxidation sites excluding steroid dienone is 1. The van der Waals surface area contributed by atoms with E-state index in [2.05, 4.69) is 0 Å². The minimum Gasteiger partial charge on any atom is -0.493 e. The van der Waals surface area contributed by atoms with Crippen LogP contribution < -0.4 is 26.1 Å². The van der Waals surface area contributed by atoms with Gasteiger partial charge in [-0.25, -0.2) is 4.57 Å². The van der Waals surface area contributed by atoms with Gasteiger partial charge in [0.2, 0.25) is 0 Å². The third-order valence-corrected chi connectivity index (χ3v) is 6.98. The van der Waals surface area contributed by atoms with Crippen molar-refractivity contribution in [2.24, 2.45) is 4.99 Å². The molecule has 0 bridgehead atoms. The van der Waals surface area contributed by atoms with Crippen LogP contribution in [-0.4, -0.2) is 24.6 Å². The number of fused-ring (bicyclic) bond motifs is 1. The van der Waals surface area contributed by atoms with E-state index in [9.17, 15) is 9.59 Å². The smallest absolute Gasteiger partial charge is 0.306 e. The summed E-state index contributed by atoms with van der Waals surface area (Å²) >= 11 is 0. The van der Waals surface area contributed by atoms with Crippen molar-refractivity contribution in [3.8, 4) is 11.5 Å². The molecule has 0 amide bonds. The van der Waals surface area contributed by atoms with Gasteiger partial charge in [0.1, 0.15) is 0 Å². The molecule has 41 heavy (non-hydrogen) atoms. The number of rotatable bonds is 7. The van der Waals surface area contributed by atoms with Gasteiger partial charge in [-0.1, -0.05) is 97.1 Å². The first kappa shape index (κ1) is 25.8. The molecule has 202 valence electrons. The molecule has 5 aromatic rings. The van der Waals surface area contributed by atoms with Gasteiger partial charge >= 0.3 is 5.68 Å². The van der Waals surface area contributed by atoms with Crippen molar-refractivity contribution in [2.75, 3.05) is 14.2 Å². The van der Waals surface area contributed by atoms with Gasteiger partial charge in [0.05, 0.1) is 31.5 Å². The Bertz CT molecular complexity index is 1940. The molecule has 0 saturated heterocycles. The second-order valence-electron chi connectivity index (χ2n) is 9.43. The van der Waals surface area contributed by atoms with E-state index in [1.807, 2.05) is 78.9 Å². The van der Waals surface area contributed by atoms with Crippen LogP contribution in [0.1, 0.15) is 33.1 Å². The van der Waals surface area contributed by atoms with Crippen molar-refractivity contribution >= 4 is 17.6 Å². The van der Waals surface area contributed by atoms with Gasteiger partial charge in [-0.15, -0.1) is 0 Å². The van der Waals surface area contributed by atoms with E-state index in [1.165, 1.54) is 4.57 Å². The van der Waals surface area contributed by atoms with Gasteiger partial charge < -0.3 is 13.9 Å². The van der Waals surface area contributed by atoms with Crippen LogP contribution in [0.4, 0.5) is 0 Å². The Balaban J connectivity index is 1.63. The van der Waals surface area contributed by atoms with Crippen molar-refractivity contribution in [1.29, 1.82) is 0 Å². The van der Waals surface area contributed by atoms with Gasteiger partial charge in [0.15, 0.2) is 22.7 Å². The van der Waals surface area contributed by atoms with E-state index >= 15 is 0 Å². The maximum atomic E-state index is 14.2. The van der Waals surface area contributed by atoms with E-state index < -0.39 is 11.6 Å². The highest BCUT2D eigenvalue weighted by molar-refractivity contribution is 6.14. The molecule has 0 fully saturated rings. The number of benzene rings is 4. The molecule has 4 aromatic carbocycles. The molecule has 1 aliphatic rings. The lowest BCUT2D eigenvalue weighted by Gasteiger charge is -2.25. The molecule has 1 atom stereocenters. The summed E-state index contributed by atoms with van der Waals surface area (Å²) in [5.74, 6) is 0.875. The highest BCUT2D eigenvalue weighted by Crippen LogP contribution is 2.36. The first-order chi connectivity index (χ1) is 20.1. The predicted octanol–water partition coefficient (Wildman–Crippen LogP) is 4.80. The van der Waals surface area contributed by atoms with Gasteiger partial charge in [0.25, 0.3) is 5.56 Å². The maximum absolute atomic E-state index is 14.2. The number of nitrogens with zero attached hydrogens (tertiary/aromatic N) is 2. The summed E-state index contributed by atoms with van der Waals surface area (Å²) in [6, 6.07) is 32.5. The van der Waals surface area contributed by atoms with E-state index in [0.29, 0.717) is 33.9 Å². The zero-order valence-corrected chi connectivity index (χ0v) is 22.5. The largest absolute Gasteiger partial charge is 0.493 e. The molecule has 1 aromatic heterocycles. The molecule has 0 saturated carbocycles. The Kier molecular flexibility index (Phi) is 6.92. The first-order valence-electron chi connectivity index (χ1n) is 13.1. The minimum atomic E-state index is -0.768. The standard InChI is InChI=1S/C34H26N2O5/c1-39-26-19-18-22(20-27(26)40-2)21-28-33(38)36-31(24-14-8-4-9-15-24)29(32(37)25-16-10-5-11-17-25)30(35-34(36)41-28)23-12-6-3-7-13-23/h3-21,31H,1-2H3/b28-21-. The van der Waals surface area contributed by atoms with Crippen LogP contribution in [0.25, 0.3) is 11.8 Å². The molecular formula is C34H26N2O5. The number of carbonyl (C=O) groups is 1. The Hall–Kier alpha value is -5.43. The zero-order chi connectivity index (χ0) is 28.3. The summed E-state index contributed by atoms with van der Waals surface area (Å²) in [5, 5.41) is 0. The lowest BCUT2D eigenvalue weighted by molar-refractivity contribution is 0.102. The first-order valence-corrected chi connectivity index (χ1v) is 13.1. The second kappa shape index (κ2) is 11.0. The molecule has 7 nitrogen and oxygen atoms in total. The van der Waals surface area contributed by atoms with Crippen molar-refractivity contribution in [2.45, 2.75) is 6.04 Å². The number of carbonyl (C=O) groups excluding carboxylic acids is 1. The molecule has 0 aliphatic carbocycles. The molecule has 1 aliphatic heterocycles. The molecule has 0 N–H and O–H groups in total. The number of hydrogen-bond donors (Lipinski definition) is 0. The third kappa shape index (κ3) is 4.78. The molecule has 7 heteroatoms. The predicted molar refractivity (Wildman–Crippen MR) is 156 cm³/mol. The fraction of sp³-hybridized carbons (Fsp3) is 0.0882. The van der Waals surface area contributed by atoms with E-state index in [-0.39, 0.29) is 16.9 Å². The fourth-order valence-electron chi connectivity index (χ4n) is 5.04. The van der Waals surface area contributed by atoms with Crippen LogP contribution in [0.3, 0.4) is 0 Å². The third-order valence-electron chi connectivity index (χ3n) is 6.98. The number of oxazole rings is 1. The molecule has 0 radical (unpaired) electrons. The van der Waals surface area contributed by atoms with Gasteiger partial charge in [-0.3, -0.25) is 9.59 Å². The quantitative estimate of drug-likeness (QED) is 0.276. The van der Waals surface area contributed by atoms with Crippen molar-refractivity contribution in [3.63, 3.8) is 0 Å². The summed E-state index contributed by atoms with van der Waals surface area (Å²) < 4.78 is 18.3. The van der Waals surface area contributed by atoms with Gasteiger partial charge in [-0.05, 0) is 29.3 Å². The molecule has 1 unspecified atom stereocenters. The highest BCUT2D eigenvalue weighted by Gasteiger charge is 2.35. The Labute approximate surface area is 235 Å². The number of ether oxygens (including phenoxy) is 2. The van der Waals surface area contributed by atoms with Gasteiger partial charge in [0, 0.05) is 11.1 Å². The van der Waals surface area contributed by atoms with E-state index in [0.717, 1.165) is 11.1 Å². The number of methoxy groups -OCH3 is 2. The number of ketones is 1. The van der Waals surface area contributed by atoms with Crippen LogP contribution >= 0.6 is 0 Å². The van der Waals surface area contributed by atoms with Crippen LogP contribution in [0.15, 0.2) is 129 Å². The second-order valence-corrected chi connectivity index (χ2v) is 9.43. The number of hydrogen-bond acceptors (Lipinski definition) is 6. The topological polar surface area (TPSA) is 83.0 Å². The molecule has 0 spiro atoms. The fourth-order valence-corrected chi connectivity index (χ4v) is 5.04. The monoisotopic (exact) mass is 542 g/mol. The lowest BCUT2D eigenvalue weighted by Crippen LogP contribution is -2.39. The van der Waals surface area contributed by atoms with Crippen LogP contribution in [-0.2, 0) is 0 Å².